The van der Waals surface area contributed by atoms with Gasteiger partial charge in [0.1, 0.15) is 5.82 Å². The molecule has 0 radical (unpaired) electrons. The van der Waals surface area contributed by atoms with Crippen LogP contribution in [0.25, 0.3) is 0 Å². The van der Waals surface area contributed by atoms with Gasteiger partial charge in [-0.3, -0.25) is 4.90 Å². The first-order valence-electron chi connectivity index (χ1n) is 6.99. The van der Waals surface area contributed by atoms with Crippen LogP contribution in [0.1, 0.15) is 40.2 Å². The van der Waals surface area contributed by atoms with Crippen molar-refractivity contribution in [2.75, 3.05) is 18.4 Å². The van der Waals surface area contributed by atoms with Crippen molar-refractivity contribution in [1.29, 1.82) is 0 Å². The summed E-state index contributed by atoms with van der Waals surface area (Å²) in [6.45, 7) is 13.1. The monoisotopic (exact) mass is 249 g/mol. The largest absolute Gasteiger partial charge is 0.369 e. The Balaban J connectivity index is 2.44. The van der Waals surface area contributed by atoms with Crippen molar-refractivity contribution in [3.8, 4) is 0 Å². The molecule has 1 rings (SSSR count). The van der Waals surface area contributed by atoms with E-state index in [4.69, 9.17) is 0 Å². The molecule has 3 nitrogen and oxygen atoms in total. The molecule has 0 saturated carbocycles. The molecule has 0 aliphatic rings. The highest BCUT2D eigenvalue weighted by molar-refractivity contribution is 5.37. The van der Waals surface area contributed by atoms with Crippen LogP contribution in [0, 0.1) is 0 Å². The maximum absolute atomic E-state index is 4.34. The molecule has 0 aliphatic heterocycles. The number of hydrogen-bond donors (Lipinski definition) is 1. The number of hydrogen-bond acceptors (Lipinski definition) is 3. The van der Waals surface area contributed by atoms with Crippen molar-refractivity contribution >= 4 is 5.82 Å². The maximum Gasteiger partial charge on any atom is 0.126 e. The van der Waals surface area contributed by atoms with E-state index in [0.717, 1.165) is 25.3 Å². The summed E-state index contributed by atoms with van der Waals surface area (Å²) in [5.41, 5.74) is 1.33. The third-order valence-electron chi connectivity index (χ3n) is 3.24. The molecule has 0 atom stereocenters. The quantitative estimate of drug-likeness (QED) is 0.804. The van der Waals surface area contributed by atoms with Crippen molar-refractivity contribution in [1.82, 2.24) is 9.88 Å². The molecule has 0 amide bonds. The lowest BCUT2D eigenvalue weighted by Crippen LogP contribution is -2.40. The fraction of sp³-hybridized carbons (Fsp3) is 0.667. The van der Waals surface area contributed by atoms with E-state index in [1.54, 1.807) is 0 Å². The molecule has 0 bridgehead atoms. The van der Waals surface area contributed by atoms with Gasteiger partial charge in [0.2, 0.25) is 0 Å². The van der Waals surface area contributed by atoms with E-state index in [1.807, 2.05) is 6.20 Å². The van der Waals surface area contributed by atoms with Crippen LogP contribution in [0.15, 0.2) is 18.3 Å². The van der Waals surface area contributed by atoms with Gasteiger partial charge in [-0.05, 0) is 51.8 Å². The zero-order valence-electron chi connectivity index (χ0n) is 12.4. The van der Waals surface area contributed by atoms with E-state index in [0.29, 0.717) is 12.1 Å². The third kappa shape index (κ3) is 4.65. The van der Waals surface area contributed by atoms with Crippen LogP contribution in [0.4, 0.5) is 5.82 Å². The molecule has 0 unspecified atom stereocenters. The Hall–Kier alpha value is -1.09. The van der Waals surface area contributed by atoms with Gasteiger partial charge < -0.3 is 5.32 Å². The first-order chi connectivity index (χ1) is 8.54. The summed E-state index contributed by atoms with van der Waals surface area (Å²) >= 11 is 0. The maximum atomic E-state index is 4.34. The minimum Gasteiger partial charge on any atom is -0.369 e. The number of nitrogens with one attached hydrogen (secondary N) is 1. The van der Waals surface area contributed by atoms with Gasteiger partial charge in [0.25, 0.3) is 0 Å². The Morgan fingerprint density at radius 3 is 2.44 bits per heavy atom. The van der Waals surface area contributed by atoms with Gasteiger partial charge in [0.05, 0.1) is 0 Å². The number of nitrogens with zero attached hydrogens (tertiary/aromatic N) is 2. The zero-order chi connectivity index (χ0) is 13.5. The predicted molar refractivity (Wildman–Crippen MR) is 79.1 cm³/mol. The van der Waals surface area contributed by atoms with Crippen molar-refractivity contribution in [2.45, 2.75) is 53.1 Å². The van der Waals surface area contributed by atoms with Gasteiger partial charge in [-0.15, -0.1) is 0 Å². The van der Waals surface area contributed by atoms with E-state index in [9.17, 15) is 0 Å². The van der Waals surface area contributed by atoms with Gasteiger partial charge in [-0.1, -0.05) is 6.92 Å². The number of aromatic nitrogens is 1. The summed E-state index contributed by atoms with van der Waals surface area (Å²) in [6, 6.07) is 5.37. The second-order valence-corrected chi connectivity index (χ2v) is 5.25. The van der Waals surface area contributed by atoms with E-state index in [2.05, 4.69) is 62.0 Å². The molecule has 1 N–H and O–H groups in total. The minimum atomic E-state index is 0.585. The van der Waals surface area contributed by atoms with E-state index < -0.39 is 0 Å². The molecule has 102 valence electrons. The second kappa shape index (κ2) is 7.37. The van der Waals surface area contributed by atoms with Crippen LogP contribution in [-0.4, -0.2) is 35.1 Å². The van der Waals surface area contributed by atoms with Crippen LogP contribution >= 0.6 is 0 Å². The minimum absolute atomic E-state index is 0.585. The molecule has 1 heterocycles. The van der Waals surface area contributed by atoms with Crippen LogP contribution < -0.4 is 5.32 Å². The fourth-order valence-electron chi connectivity index (χ4n) is 2.22. The summed E-state index contributed by atoms with van der Waals surface area (Å²) in [5.74, 6) is 0.988. The molecule has 0 spiro atoms. The van der Waals surface area contributed by atoms with Crippen LogP contribution in [0.2, 0.25) is 0 Å². The predicted octanol–water partition coefficient (Wildman–Crippen LogP) is 3.17. The zero-order valence-corrected chi connectivity index (χ0v) is 12.4. The standard InChI is InChI=1S/C15H27N3/c1-6-14-7-8-16-15(11-14)17-9-10-18(12(2)3)13(4)5/h7-8,11-13H,6,9-10H2,1-5H3,(H,16,17). The lowest BCUT2D eigenvalue weighted by Gasteiger charge is -2.30. The van der Waals surface area contributed by atoms with E-state index in [1.165, 1.54) is 5.56 Å². The molecule has 3 heteroatoms. The highest BCUT2D eigenvalue weighted by atomic mass is 15.2. The van der Waals surface area contributed by atoms with Crippen LogP contribution in [0.3, 0.4) is 0 Å². The van der Waals surface area contributed by atoms with Gasteiger partial charge in [-0.2, -0.15) is 0 Å². The van der Waals surface area contributed by atoms with Crippen molar-refractivity contribution in [2.24, 2.45) is 0 Å². The summed E-state index contributed by atoms with van der Waals surface area (Å²) in [5, 5.41) is 3.41. The summed E-state index contributed by atoms with van der Waals surface area (Å²) in [6.07, 6.45) is 2.94. The molecular formula is C15H27N3. The molecule has 1 aromatic rings. The van der Waals surface area contributed by atoms with Gasteiger partial charge >= 0.3 is 0 Å². The highest BCUT2D eigenvalue weighted by Crippen LogP contribution is 2.08. The highest BCUT2D eigenvalue weighted by Gasteiger charge is 2.12. The third-order valence-corrected chi connectivity index (χ3v) is 3.24. The Bertz CT molecular complexity index is 339. The second-order valence-electron chi connectivity index (χ2n) is 5.25. The van der Waals surface area contributed by atoms with Crippen molar-refractivity contribution in [3.05, 3.63) is 23.9 Å². The summed E-state index contributed by atoms with van der Waals surface area (Å²) in [4.78, 5) is 6.83. The smallest absolute Gasteiger partial charge is 0.126 e. The average Bonchev–Trinajstić information content (AvgIpc) is 2.34. The lowest BCUT2D eigenvalue weighted by atomic mass is 10.2. The number of aryl methyl sites for hydroxylation is 1. The first-order valence-corrected chi connectivity index (χ1v) is 6.99. The van der Waals surface area contributed by atoms with Gasteiger partial charge in [-0.25, -0.2) is 4.98 Å². The van der Waals surface area contributed by atoms with Crippen LogP contribution in [0.5, 0.6) is 0 Å². The van der Waals surface area contributed by atoms with E-state index >= 15 is 0 Å². The average molecular weight is 249 g/mol. The molecule has 0 fully saturated rings. The SMILES string of the molecule is CCc1ccnc(NCCN(C(C)C)C(C)C)c1. The fourth-order valence-corrected chi connectivity index (χ4v) is 2.22. The molecule has 0 aliphatic carbocycles. The topological polar surface area (TPSA) is 28.2 Å². The normalized spacial score (nSPS) is 11.6. The molecule has 0 saturated heterocycles. The molecule has 0 aromatic carbocycles. The summed E-state index contributed by atoms with van der Waals surface area (Å²) < 4.78 is 0. The molecule has 18 heavy (non-hydrogen) atoms. The number of rotatable bonds is 7. The Morgan fingerprint density at radius 1 is 1.22 bits per heavy atom. The summed E-state index contributed by atoms with van der Waals surface area (Å²) in [7, 11) is 0. The van der Waals surface area contributed by atoms with E-state index in [-0.39, 0.29) is 0 Å². The number of pyridine rings is 1. The van der Waals surface area contributed by atoms with Crippen molar-refractivity contribution in [3.63, 3.8) is 0 Å². The Kier molecular flexibility index (Phi) is 6.13. The molecular weight excluding hydrogens is 222 g/mol. The molecule has 1 aromatic heterocycles. The lowest BCUT2D eigenvalue weighted by molar-refractivity contribution is 0.182. The van der Waals surface area contributed by atoms with Gasteiger partial charge in [0.15, 0.2) is 0 Å². The van der Waals surface area contributed by atoms with Crippen molar-refractivity contribution < 1.29 is 0 Å². The Morgan fingerprint density at radius 2 is 1.89 bits per heavy atom. The Labute approximate surface area is 112 Å². The first kappa shape index (κ1) is 15.0. The van der Waals surface area contributed by atoms with Crippen LogP contribution in [-0.2, 0) is 6.42 Å². The number of anilines is 1. The van der Waals surface area contributed by atoms with Gasteiger partial charge in [0, 0.05) is 31.4 Å².